The summed E-state index contributed by atoms with van der Waals surface area (Å²) >= 11 is 0. The number of rotatable bonds is 8. The summed E-state index contributed by atoms with van der Waals surface area (Å²) < 4.78 is 10.6. The monoisotopic (exact) mass is 538 g/mol. The summed E-state index contributed by atoms with van der Waals surface area (Å²) in [6.07, 6.45) is 0.0403. The van der Waals surface area contributed by atoms with Gasteiger partial charge in [0.15, 0.2) is 0 Å². The van der Waals surface area contributed by atoms with Crippen LogP contribution in [0, 0.1) is 0 Å². The first kappa shape index (κ1) is 29.8. The van der Waals surface area contributed by atoms with Crippen molar-refractivity contribution in [3.8, 4) is 5.75 Å². The molecule has 1 fully saturated rings. The third kappa shape index (κ3) is 8.12. The molecule has 1 saturated heterocycles. The molecular formula is C30H42N4O5. The Morgan fingerprint density at radius 1 is 1.00 bits per heavy atom. The fourth-order valence-electron chi connectivity index (χ4n) is 4.32. The Morgan fingerprint density at radius 3 is 2.15 bits per heavy atom. The van der Waals surface area contributed by atoms with E-state index in [1.165, 1.54) is 22.5 Å². The first-order chi connectivity index (χ1) is 18.2. The smallest absolute Gasteiger partial charge is 0.410 e. The summed E-state index contributed by atoms with van der Waals surface area (Å²) in [4.78, 5) is 41.5. The normalized spacial score (nSPS) is 15.8. The number of carbonyl (C=O) groups excluding carboxylic acids is 3. The van der Waals surface area contributed by atoms with E-state index in [-0.39, 0.29) is 30.6 Å². The number of ether oxygens (including phenoxy) is 2. The van der Waals surface area contributed by atoms with E-state index in [2.05, 4.69) is 50.5 Å². The maximum Gasteiger partial charge on any atom is 0.410 e. The summed E-state index contributed by atoms with van der Waals surface area (Å²) in [5, 5.41) is 1.33. The van der Waals surface area contributed by atoms with E-state index in [1.54, 1.807) is 32.8 Å². The predicted octanol–water partition coefficient (Wildman–Crippen LogP) is 4.91. The van der Waals surface area contributed by atoms with Crippen LogP contribution in [0.4, 0.5) is 9.59 Å². The number of nitrogens with zero attached hydrogens (tertiary/aromatic N) is 3. The summed E-state index contributed by atoms with van der Waals surface area (Å²) in [6.45, 7) is 12.3. The molecule has 9 heteroatoms. The van der Waals surface area contributed by atoms with Crippen LogP contribution in [-0.2, 0) is 21.4 Å². The number of amides is 4. The molecule has 1 heterocycles. The second-order valence-electron chi connectivity index (χ2n) is 11.9. The van der Waals surface area contributed by atoms with Gasteiger partial charge in [-0.2, -0.15) is 0 Å². The zero-order valence-electron chi connectivity index (χ0n) is 24.4. The molecule has 0 saturated carbocycles. The van der Waals surface area contributed by atoms with E-state index < -0.39 is 17.6 Å². The van der Waals surface area contributed by atoms with Gasteiger partial charge in [-0.15, -0.1) is 0 Å². The van der Waals surface area contributed by atoms with Crippen molar-refractivity contribution in [3.05, 3.63) is 65.2 Å². The van der Waals surface area contributed by atoms with Crippen molar-refractivity contribution in [2.24, 2.45) is 0 Å². The molecule has 39 heavy (non-hydrogen) atoms. The Labute approximate surface area is 232 Å². The highest BCUT2D eigenvalue weighted by Gasteiger charge is 2.39. The van der Waals surface area contributed by atoms with Gasteiger partial charge in [-0.1, -0.05) is 57.2 Å². The number of hydrogen-bond donors (Lipinski definition) is 1. The average Bonchev–Trinajstić information content (AvgIpc) is 3.16. The molecule has 4 amide bonds. The Balaban J connectivity index is 1.75. The molecule has 1 aliphatic rings. The molecule has 0 bridgehead atoms. The Hall–Kier alpha value is -3.75. The number of methoxy groups -OCH3 is 1. The molecule has 1 atom stereocenters. The van der Waals surface area contributed by atoms with E-state index in [0.717, 1.165) is 16.9 Å². The lowest BCUT2D eigenvalue weighted by Crippen LogP contribution is -2.49. The predicted molar refractivity (Wildman–Crippen MR) is 150 cm³/mol. The molecule has 0 spiro atoms. The molecule has 0 radical (unpaired) electrons. The maximum atomic E-state index is 13.5. The zero-order valence-corrected chi connectivity index (χ0v) is 24.4. The molecule has 2 aromatic carbocycles. The molecule has 1 unspecified atom stereocenters. The number of nitrogens with one attached hydrogen (secondary N) is 1. The number of hydrazine groups is 1. The van der Waals surface area contributed by atoms with Gasteiger partial charge in [-0.3, -0.25) is 10.2 Å². The van der Waals surface area contributed by atoms with Gasteiger partial charge in [0.05, 0.1) is 19.7 Å². The van der Waals surface area contributed by atoms with Crippen LogP contribution in [0.5, 0.6) is 5.75 Å². The van der Waals surface area contributed by atoms with Crippen LogP contribution in [0.25, 0.3) is 0 Å². The van der Waals surface area contributed by atoms with Crippen molar-refractivity contribution < 1.29 is 23.9 Å². The highest BCUT2D eigenvalue weighted by molar-refractivity contribution is 5.85. The lowest BCUT2D eigenvalue weighted by atomic mass is 9.86. The van der Waals surface area contributed by atoms with Gasteiger partial charge in [-0.05, 0) is 61.4 Å². The number of likely N-dealkylation sites (N-methyl/N-ethyl adjacent to an activating group) is 1. The Bertz CT molecular complexity index is 1150. The minimum Gasteiger partial charge on any atom is -0.497 e. The fraction of sp³-hybridized carbons (Fsp3) is 0.500. The first-order valence-corrected chi connectivity index (χ1v) is 13.2. The largest absolute Gasteiger partial charge is 0.497 e. The molecule has 2 aromatic rings. The average molecular weight is 539 g/mol. The van der Waals surface area contributed by atoms with Gasteiger partial charge >= 0.3 is 12.1 Å². The summed E-state index contributed by atoms with van der Waals surface area (Å²) in [5.41, 5.74) is 5.31. The zero-order chi connectivity index (χ0) is 29.0. The highest BCUT2D eigenvalue weighted by atomic mass is 16.6. The molecule has 1 N–H and O–H groups in total. The first-order valence-electron chi connectivity index (χ1n) is 13.2. The summed E-state index contributed by atoms with van der Waals surface area (Å²) in [7, 11) is 3.11. The van der Waals surface area contributed by atoms with Crippen LogP contribution in [0.15, 0.2) is 48.5 Å². The molecule has 0 aliphatic carbocycles. The van der Waals surface area contributed by atoms with E-state index >= 15 is 0 Å². The molecule has 9 nitrogen and oxygen atoms in total. The minimum atomic E-state index is -0.674. The topological polar surface area (TPSA) is 91.4 Å². The second kappa shape index (κ2) is 12.0. The van der Waals surface area contributed by atoms with Crippen molar-refractivity contribution in [2.75, 3.05) is 33.8 Å². The van der Waals surface area contributed by atoms with E-state index in [1.807, 2.05) is 24.3 Å². The van der Waals surface area contributed by atoms with Crippen LogP contribution in [0.2, 0.25) is 0 Å². The lowest BCUT2D eigenvalue weighted by Gasteiger charge is -2.25. The van der Waals surface area contributed by atoms with Crippen LogP contribution >= 0.6 is 0 Å². The van der Waals surface area contributed by atoms with Crippen molar-refractivity contribution in [2.45, 2.75) is 65.0 Å². The molecule has 212 valence electrons. The van der Waals surface area contributed by atoms with Gasteiger partial charge < -0.3 is 19.3 Å². The van der Waals surface area contributed by atoms with E-state index in [4.69, 9.17) is 9.47 Å². The number of hydrogen-bond acceptors (Lipinski definition) is 5. The van der Waals surface area contributed by atoms with Crippen molar-refractivity contribution >= 4 is 18.0 Å². The molecule has 1 aliphatic heterocycles. The standard InChI is InChI=1S/C30H42N4O5/c1-29(2,3)23-13-11-22(12-14-23)25-19-34(31-26(35)20-32(7)28(37)39-30(4,5)6)27(36)33(25)18-17-21-9-15-24(38-8)16-10-21/h9-16,25H,17-20H2,1-8H3,(H,31,35). The van der Waals surface area contributed by atoms with Crippen LogP contribution < -0.4 is 10.2 Å². The van der Waals surface area contributed by atoms with Gasteiger partial charge in [0.25, 0.3) is 5.91 Å². The molecule has 3 rings (SSSR count). The van der Waals surface area contributed by atoms with Crippen LogP contribution in [-0.4, -0.2) is 72.2 Å². The van der Waals surface area contributed by atoms with Gasteiger partial charge in [0, 0.05) is 13.6 Å². The maximum absolute atomic E-state index is 13.5. The Morgan fingerprint density at radius 2 is 1.62 bits per heavy atom. The molecular weight excluding hydrogens is 496 g/mol. The van der Waals surface area contributed by atoms with Crippen molar-refractivity contribution in [1.29, 1.82) is 0 Å². The van der Waals surface area contributed by atoms with Gasteiger partial charge in [0.2, 0.25) is 0 Å². The SMILES string of the molecule is COc1ccc(CCN2C(=O)N(NC(=O)CN(C)C(=O)OC(C)(C)C)CC2c2ccc(C(C)(C)C)cc2)cc1. The minimum absolute atomic E-state index is 0.0122. The van der Waals surface area contributed by atoms with Crippen LogP contribution in [0.1, 0.15) is 64.3 Å². The Kier molecular flexibility index (Phi) is 9.14. The van der Waals surface area contributed by atoms with Crippen molar-refractivity contribution in [1.82, 2.24) is 20.2 Å². The van der Waals surface area contributed by atoms with E-state index in [0.29, 0.717) is 13.0 Å². The fourth-order valence-corrected chi connectivity index (χ4v) is 4.32. The molecule has 0 aromatic heterocycles. The van der Waals surface area contributed by atoms with E-state index in [9.17, 15) is 14.4 Å². The number of carbonyl (C=O) groups is 3. The van der Waals surface area contributed by atoms with Gasteiger partial charge in [0.1, 0.15) is 17.9 Å². The summed E-state index contributed by atoms with van der Waals surface area (Å²) in [6, 6.07) is 15.5. The highest BCUT2D eigenvalue weighted by Crippen LogP contribution is 2.31. The lowest BCUT2D eigenvalue weighted by molar-refractivity contribution is -0.125. The number of urea groups is 1. The van der Waals surface area contributed by atoms with Crippen molar-refractivity contribution in [3.63, 3.8) is 0 Å². The summed E-state index contributed by atoms with van der Waals surface area (Å²) in [5.74, 6) is 0.300. The third-order valence-electron chi connectivity index (χ3n) is 6.52. The van der Waals surface area contributed by atoms with Crippen LogP contribution in [0.3, 0.4) is 0 Å². The third-order valence-corrected chi connectivity index (χ3v) is 6.52. The number of benzene rings is 2. The quantitative estimate of drug-likeness (QED) is 0.516. The van der Waals surface area contributed by atoms with Gasteiger partial charge in [-0.25, -0.2) is 14.6 Å². The second-order valence-corrected chi connectivity index (χ2v) is 11.9.